The number of nitrogens with one attached hydrogen (secondary N) is 2. The van der Waals surface area contributed by atoms with Crippen LogP contribution in [0.5, 0.6) is 0 Å². The molecule has 0 aromatic carbocycles. The number of amides is 1. The van der Waals surface area contributed by atoms with Crippen LogP contribution in [0.25, 0.3) is 0 Å². The van der Waals surface area contributed by atoms with E-state index in [9.17, 15) is 9.59 Å². The van der Waals surface area contributed by atoms with Crippen molar-refractivity contribution in [1.29, 1.82) is 0 Å². The van der Waals surface area contributed by atoms with Gasteiger partial charge in [-0.1, -0.05) is 18.9 Å². The highest BCUT2D eigenvalue weighted by Gasteiger charge is 2.42. The van der Waals surface area contributed by atoms with Crippen molar-refractivity contribution in [3.63, 3.8) is 0 Å². The fourth-order valence-corrected chi connectivity index (χ4v) is 3.15. The molecule has 1 saturated heterocycles. The van der Waals surface area contributed by atoms with Crippen LogP contribution in [-0.4, -0.2) is 29.1 Å². The Morgan fingerprint density at radius 3 is 2.89 bits per heavy atom. The number of hydrogen-bond donors (Lipinski definition) is 2. The van der Waals surface area contributed by atoms with E-state index in [2.05, 4.69) is 10.3 Å². The molecule has 1 spiro atoms. The van der Waals surface area contributed by atoms with Gasteiger partial charge in [0.2, 0.25) is 5.56 Å². The lowest BCUT2D eigenvalue weighted by atomic mass is 9.96. The fraction of sp³-hybridized carbons (Fsp3) is 0.571. The summed E-state index contributed by atoms with van der Waals surface area (Å²) in [7, 11) is 0. The number of carbonyl (C=O) groups is 1. The SMILES string of the molecule is O=C(NC1COC2(CCCC2)C1)c1cccc(=O)[nH]1. The highest BCUT2D eigenvalue weighted by Crippen LogP contribution is 2.40. The van der Waals surface area contributed by atoms with E-state index < -0.39 is 0 Å². The third kappa shape index (κ3) is 2.56. The Kier molecular flexibility index (Phi) is 3.14. The monoisotopic (exact) mass is 262 g/mol. The van der Waals surface area contributed by atoms with Gasteiger partial charge in [0.05, 0.1) is 18.2 Å². The van der Waals surface area contributed by atoms with Crippen molar-refractivity contribution in [3.05, 3.63) is 34.2 Å². The Hall–Kier alpha value is -1.62. The summed E-state index contributed by atoms with van der Waals surface area (Å²) in [6, 6.07) is 4.63. The van der Waals surface area contributed by atoms with E-state index in [1.54, 1.807) is 12.1 Å². The van der Waals surface area contributed by atoms with Crippen molar-refractivity contribution >= 4 is 5.91 Å². The second-order valence-corrected chi connectivity index (χ2v) is 5.50. The second-order valence-electron chi connectivity index (χ2n) is 5.50. The predicted molar refractivity (Wildman–Crippen MR) is 70.1 cm³/mol. The highest BCUT2D eigenvalue weighted by atomic mass is 16.5. The normalized spacial score (nSPS) is 24.7. The van der Waals surface area contributed by atoms with Crippen LogP contribution in [0.2, 0.25) is 0 Å². The molecule has 0 bridgehead atoms. The Balaban J connectivity index is 1.63. The molecule has 1 aromatic heterocycles. The summed E-state index contributed by atoms with van der Waals surface area (Å²) in [6.45, 7) is 0.572. The minimum Gasteiger partial charge on any atom is -0.373 e. The van der Waals surface area contributed by atoms with Crippen LogP contribution in [0.1, 0.15) is 42.6 Å². The molecular formula is C14H18N2O3. The molecule has 1 aromatic rings. The molecule has 2 heterocycles. The first-order valence-electron chi connectivity index (χ1n) is 6.81. The summed E-state index contributed by atoms with van der Waals surface area (Å²) in [6.07, 6.45) is 5.51. The molecule has 3 rings (SSSR count). The topological polar surface area (TPSA) is 71.2 Å². The van der Waals surface area contributed by atoms with E-state index in [4.69, 9.17) is 4.74 Å². The third-order valence-electron chi connectivity index (χ3n) is 4.07. The maximum absolute atomic E-state index is 12.0. The molecule has 0 radical (unpaired) electrons. The van der Waals surface area contributed by atoms with Crippen LogP contribution >= 0.6 is 0 Å². The number of aromatic amines is 1. The Labute approximate surface area is 111 Å². The lowest BCUT2D eigenvalue weighted by molar-refractivity contribution is 0.00987. The van der Waals surface area contributed by atoms with Gasteiger partial charge in [-0.2, -0.15) is 0 Å². The van der Waals surface area contributed by atoms with Crippen molar-refractivity contribution in [2.75, 3.05) is 6.61 Å². The Morgan fingerprint density at radius 2 is 2.16 bits per heavy atom. The van der Waals surface area contributed by atoms with E-state index in [0.717, 1.165) is 19.3 Å². The maximum Gasteiger partial charge on any atom is 0.268 e. The first kappa shape index (κ1) is 12.4. The number of rotatable bonds is 2. The number of pyridine rings is 1. The Morgan fingerprint density at radius 1 is 1.37 bits per heavy atom. The molecule has 1 saturated carbocycles. The van der Waals surface area contributed by atoms with Crippen molar-refractivity contribution in [2.24, 2.45) is 0 Å². The average Bonchev–Trinajstić information content (AvgIpc) is 3.00. The van der Waals surface area contributed by atoms with Gasteiger partial charge in [0, 0.05) is 6.07 Å². The number of carbonyl (C=O) groups excluding carboxylic acids is 1. The molecule has 2 aliphatic rings. The zero-order valence-electron chi connectivity index (χ0n) is 10.8. The van der Waals surface area contributed by atoms with Crippen LogP contribution in [0.4, 0.5) is 0 Å². The first-order valence-corrected chi connectivity index (χ1v) is 6.81. The molecule has 1 aliphatic heterocycles. The Bertz CT molecular complexity index is 531. The molecule has 2 fully saturated rings. The summed E-state index contributed by atoms with van der Waals surface area (Å²) in [5, 5.41) is 2.94. The zero-order valence-corrected chi connectivity index (χ0v) is 10.8. The van der Waals surface area contributed by atoms with Gasteiger partial charge in [0.15, 0.2) is 0 Å². The minimum atomic E-state index is -0.261. The molecule has 1 amide bonds. The number of H-pyrrole nitrogens is 1. The number of aromatic nitrogens is 1. The van der Waals surface area contributed by atoms with E-state index >= 15 is 0 Å². The lowest BCUT2D eigenvalue weighted by Gasteiger charge is -2.21. The van der Waals surface area contributed by atoms with Crippen LogP contribution in [0, 0.1) is 0 Å². The lowest BCUT2D eigenvalue weighted by Crippen LogP contribution is -2.37. The fourth-order valence-electron chi connectivity index (χ4n) is 3.15. The van der Waals surface area contributed by atoms with E-state index in [1.165, 1.54) is 18.9 Å². The van der Waals surface area contributed by atoms with Gasteiger partial charge in [-0.05, 0) is 25.3 Å². The maximum atomic E-state index is 12.0. The molecule has 1 unspecified atom stereocenters. The number of ether oxygens (including phenoxy) is 1. The standard InChI is InChI=1S/C14H18N2O3/c17-12-5-3-4-11(16-12)13(18)15-10-8-14(19-9-10)6-1-2-7-14/h3-5,10H,1-2,6-9H2,(H,15,18)(H,16,17). The smallest absolute Gasteiger partial charge is 0.268 e. The first-order chi connectivity index (χ1) is 9.17. The average molecular weight is 262 g/mol. The summed E-state index contributed by atoms with van der Waals surface area (Å²) < 4.78 is 5.89. The zero-order chi connectivity index (χ0) is 13.3. The van der Waals surface area contributed by atoms with Gasteiger partial charge in [-0.3, -0.25) is 9.59 Å². The van der Waals surface area contributed by atoms with Gasteiger partial charge < -0.3 is 15.0 Å². The van der Waals surface area contributed by atoms with Gasteiger partial charge in [-0.15, -0.1) is 0 Å². The molecule has 2 N–H and O–H groups in total. The minimum absolute atomic E-state index is 0.00203. The van der Waals surface area contributed by atoms with E-state index in [1.807, 2.05) is 0 Å². The van der Waals surface area contributed by atoms with Crippen LogP contribution < -0.4 is 10.9 Å². The van der Waals surface area contributed by atoms with Crippen LogP contribution in [0.15, 0.2) is 23.0 Å². The second kappa shape index (κ2) is 4.81. The molecule has 1 aliphatic carbocycles. The summed E-state index contributed by atoms with van der Waals surface area (Å²) >= 11 is 0. The largest absolute Gasteiger partial charge is 0.373 e. The quantitative estimate of drug-likeness (QED) is 0.841. The van der Waals surface area contributed by atoms with E-state index in [0.29, 0.717) is 12.3 Å². The van der Waals surface area contributed by atoms with Crippen molar-refractivity contribution in [1.82, 2.24) is 10.3 Å². The van der Waals surface area contributed by atoms with Gasteiger partial charge in [0.25, 0.3) is 5.91 Å². The van der Waals surface area contributed by atoms with Crippen molar-refractivity contribution < 1.29 is 9.53 Å². The molecule has 102 valence electrons. The third-order valence-corrected chi connectivity index (χ3v) is 4.07. The molecule has 5 nitrogen and oxygen atoms in total. The number of hydrogen-bond acceptors (Lipinski definition) is 3. The molecule has 1 atom stereocenters. The van der Waals surface area contributed by atoms with Crippen molar-refractivity contribution in [2.45, 2.75) is 43.7 Å². The summed E-state index contributed by atoms with van der Waals surface area (Å²) in [4.78, 5) is 25.7. The van der Waals surface area contributed by atoms with Crippen molar-refractivity contribution in [3.8, 4) is 0 Å². The molecule has 5 heteroatoms. The van der Waals surface area contributed by atoms with Gasteiger partial charge in [0.1, 0.15) is 5.69 Å². The van der Waals surface area contributed by atoms with Gasteiger partial charge in [-0.25, -0.2) is 0 Å². The summed E-state index contributed by atoms with van der Waals surface area (Å²) in [5.41, 5.74) is 0.0460. The molecular weight excluding hydrogens is 244 g/mol. The van der Waals surface area contributed by atoms with E-state index in [-0.39, 0.29) is 23.1 Å². The van der Waals surface area contributed by atoms with Crippen LogP contribution in [0.3, 0.4) is 0 Å². The van der Waals surface area contributed by atoms with Crippen LogP contribution in [-0.2, 0) is 4.74 Å². The highest BCUT2D eigenvalue weighted by molar-refractivity contribution is 5.92. The molecule has 19 heavy (non-hydrogen) atoms. The predicted octanol–water partition coefficient (Wildman–Crippen LogP) is 1.21. The summed E-state index contributed by atoms with van der Waals surface area (Å²) in [5.74, 6) is -0.235. The van der Waals surface area contributed by atoms with Gasteiger partial charge >= 0.3 is 0 Å².